The quantitative estimate of drug-likeness (QED) is 0.718. The second-order valence-corrected chi connectivity index (χ2v) is 5.25. The second kappa shape index (κ2) is 10.4. The van der Waals surface area contributed by atoms with Crippen molar-refractivity contribution in [2.75, 3.05) is 32.8 Å². The molecule has 0 unspecified atom stereocenters. The minimum atomic E-state index is 0.0990. The summed E-state index contributed by atoms with van der Waals surface area (Å²) in [5.74, 6) is 0.130. The lowest BCUT2D eigenvalue weighted by atomic mass is 10.2. The first-order valence-electron chi connectivity index (χ1n) is 7.86. The Morgan fingerprint density at radius 2 is 1.86 bits per heavy atom. The Bertz CT molecular complexity index is 395. The Morgan fingerprint density at radius 3 is 2.43 bits per heavy atom. The molecule has 0 aliphatic heterocycles. The number of unbranched alkanes of at least 4 members (excludes halogenated alkanes) is 1. The van der Waals surface area contributed by atoms with E-state index >= 15 is 0 Å². The zero-order valence-corrected chi connectivity index (χ0v) is 13.3. The van der Waals surface area contributed by atoms with Gasteiger partial charge in [-0.25, -0.2) is 0 Å². The Kier molecular flexibility index (Phi) is 8.71. The highest BCUT2D eigenvalue weighted by Gasteiger charge is 2.16. The Labute approximate surface area is 128 Å². The monoisotopic (exact) mass is 292 g/mol. The molecule has 0 aliphatic carbocycles. The molecule has 0 saturated heterocycles. The molecule has 1 amide bonds. The number of hydrogen-bond acceptors (Lipinski definition) is 3. The van der Waals surface area contributed by atoms with Gasteiger partial charge in [0.15, 0.2) is 0 Å². The summed E-state index contributed by atoms with van der Waals surface area (Å²) >= 11 is 0. The smallest absolute Gasteiger partial charge is 0.237 e. The molecule has 4 nitrogen and oxygen atoms in total. The van der Waals surface area contributed by atoms with Crippen molar-refractivity contribution >= 4 is 5.91 Å². The molecule has 1 aromatic rings. The predicted octanol–water partition coefficient (Wildman–Crippen LogP) is 2.13. The van der Waals surface area contributed by atoms with E-state index in [2.05, 4.69) is 6.92 Å². The fourth-order valence-corrected chi connectivity index (χ4v) is 2.26. The predicted molar refractivity (Wildman–Crippen MR) is 86.0 cm³/mol. The molecule has 0 saturated carbocycles. The summed E-state index contributed by atoms with van der Waals surface area (Å²) in [5.41, 5.74) is 1.15. The average molecular weight is 292 g/mol. The Morgan fingerprint density at radius 1 is 1.14 bits per heavy atom. The number of hydrogen-bond donors (Lipinski definition) is 1. The molecule has 4 heteroatoms. The molecule has 1 N–H and O–H groups in total. The normalized spacial score (nSPS) is 10.9. The average Bonchev–Trinajstić information content (AvgIpc) is 2.51. The van der Waals surface area contributed by atoms with E-state index in [4.69, 9.17) is 5.11 Å². The van der Waals surface area contributed by atoms with Gasteiger partial charge in [0.25, 0.3) is 0 Å². The number of rotatable bonds is 10. The molecule has 0 spiro atoms. The van der Waals surface area contributed by atoms with Gasteiger partial charge in [-0.15, -0.1) is 0 Å². The summed E-state index contributed by atoms with van der Waals surface area (Å²) in [5, 5.41) is 9.11. The maximum atomic E-state index is 12.4. The van der Waals surface area contributed by atoms with Gasteiger partial charge in [-0.2, -0.15) is 0 Å². The van der Waals surface area contributed by atoms with E-state index < -0.39 is 0 Å². The molecule has 1 rings (SSSR count). The van der Waals surface area contributed by atoms with Crippen LogP contribution in [0.2, 0.25) is 0 Å². The van der Waals surface area contributed by atoms with Crippen LogP contribution in [0.1, 0.15) is 32.3 Å². The Hall–Kier alpha value is -1.39. The first-order chi connectivity index (χ1) is 10.2. The van der Waals surface area contributed by atoms with Crippen LogP contribution in [0.5, 0.6) is 0 Å². The van der Waals surface area contributed by atoms with E-state index in [-0.39, 0.29) is 12.5 Å². The molecule has 0 aliphatic rings. The topological polar surface area (TPSA) is 43.8 Å². The van der Waals surface area contributed by atoms with Gasteiger partial charge in [0.2, 0.25) is 5.91 Å². The van der Waals surface area contributed by atoms with Crippen LogP contribution in [0.4, 0.5) is 0 Å². The SMILES string of the molecule is CCCCN(CCO)CC(=O)N(CC)Cc1ccccc1. The van der Waals surface area contributed by atoms with Gasteiger partial charge in [-0.1, -0.05) is 43.7 Å². The van der Waals surface area contributed by atoms with Crippen LogP contribution >= 0.6 is 0 Å². The standard InChI is InChI=1S/C17H28N2O2/c1-3-5-11-18(12-13-20)15-17(21)19(4-2)14-16-9-7-6-8-10-16/h6-10,20H,3-5,11-15H2,1-2H3. The van der Waals surface area contributed by atoms with Gasteiger partial charge >= 0.3 is 0 Å². The Balaban J connectivity index is 2.56. The third-order valence-corrected chi connectivity index (χ3v) is 3.55. The highest BCUT2D eigenvalue weighted by molar-refractivity contribution is 5.78. The zero-order valence-electron chi connectivity index (χ0n) is 13.3. The molecule has 0 radical (unpaired) electrons. The lowest BCUT2D eigenvalue weighted by Gasteiger charge is -2.26. The summed E-state index contributed by atoms with van der Waals surface area (Å²) < 4.78 is 0. The summed E-state index contributed by atoms with van der Waals surface area (Å²) in [6, 6.07) is 10.0. The van der Waals surface area contributed by atoms with Crippen molar-refractivity contribution in [1.29, 1.82) is 0 Å². The molecular formula is C17H28N2O2. The largest absolute Gasteiger partial charge is 0.395 e. The van der Waals surface area contributed by atoms with Gasteiger partial charge in [0.05, 0.1) is 13.2 Å². The number of aliphatic hydroxyl groups is 1. The number of amides is 1. The number of carbonyl (C=O) groups is 1. The van der Waals surface area contributed by atoms with Crippen molar-refractivity contribution in [1.82, 2.24) is 9.80 Å². The maximum absolute atomic E-state index is 12.4. The molecule has 0 heterocycles. The summed E-state index contributed by atoms with van der Waals surface area (Å²) in [7, 11) is 0. The number of aliphatic hydroxyl groups excluding tert-OH is 1. The van der Waals surface area contributed by atoms with Gasteiger partial charge in [-0.3, -0.25) is 9.69 Å². The zero-order chi connectivity index (χ0) is 15.5. The van der Waals surface area contributed by atoms with E-state index in [9.17, 15) is 4.79 Å². The number of benzene rings is 1. The van der Waals surface area contributed by atoms with Crippen LogP contribution in [0.25, 0.3) is 0 Å². The summed E-state index contributed by atoms with van der Waals surface area (Å²) in [6.45, 7) is 7.41. The van der Waals surface area contributed by atoms with Crippen molar-refractivity contribution in [2.45, 2.75) is 33.2 Å². The van der Waals surface area contributed by atoms with Crippen molar-refractivity contribution in [3.8, 4) is 0 Å². The lowest BCUT2D eigenvalue weighted by molar-refractivity contribution is -0.133. The van der Waals surface area contributed by atoms with E-state index in [0.29, 0.717) is 26.2 Å². The minimum Gasteiger partial charge on any atom is -0.395 e. The van der Waals surface area contributed by atoms with Crippen molar-refractivity contribution in [3.63, 3.8) is 0 Å². The highest BCUT2D eigenvalue weighted by atomic mass is 16.3. The van der Waals surface area contributed by atoms with Crippen molar-refractivity contribution in [3.05, 3.63) is 35.9 Å². The van der Waals surface area contributed by atoms with Crippen molar-refractivity contribution in [2.24, 2.45) is 0 Å². The molecule has 0 bridgehead atoms. The number of carbonyl (C=O) groups excluding carboxylic acids is 1. The van der Waals surface area contributed by atoms with Crippen LogP contribution in [0.15, 0.2) is 30.3 Å². The van der Waals surface area contributed by atoms with E-state index in [0.717, 1.165) is 24.9 Å². The minimum absolute atomic E-state index is 0.0990. The molecule has 21 heavy (non-hydrogen) atoms. The molecule has 0 aromatic heterocycles. The lowest BCUT2D eigenvalue weighted by Crippen LogP contribution is -2.41. The summed E-state index contributed by atoms with van der Waals surface area (Å²) in [6.07, 6.45) is 2.15. The van der Waals surface area contributed by atoms with E-state index in [1.807, 2.05) is 47.1 Å². The van der Waals surface area contributed by atoms with Gasteiger partial charge in [-0.05, 0) is 25.5 Å². The number of likely N-dealkylation sites (N-methyl/N-ethyl adjacent to an activating group) is 1. The molecular weight excluding hydrogens is 264 g/mol. The third-order valence-electron chi connectivity index (χ3n) is 3.55. The molecule has 1 aromatic carbocycles. The van der Waals surface area contributed by atoms with Gasteiger partial charge in [0, 0.05) is 19.6 Å². The van der Waals surface area contributed by atoms with Crippen LogP contribution in [-0.4, -0.2) is 53.6 Å². The number of nitrogens with zero attached hydrogens (tertiary/aromatic N) is 2. The van der Waals surface area contributed by atoms with E-state index in [1.165, 1.54) is 0 Å². The molecule has 118 valence electrons. The maximum Gasteiger partial charge on any atom is 0.237 e. The van der Waals surface area contributed by atoms with Crippen LogP contribution in [-0.2, 0) is 11.3 Å². The fraction of sp³-hybridized carbons (Fsp3) is 0.588. The second-order valence-electron chi connectivity index (χ2n) is 5.25. The first-order valence-corrected chi connectivity index (χ1v) is 7.86. The third kappa shape index (κ3) is 6.74. The fourth-order valence-electron chi connectivity index (χ4n) is 2.26. The van der Waals surface area contributed by atoms with Crippen LogP contribution in [0.3, 0.4) is 0 Å². The summed E-state index contributed by atoms with van der Waals surface area (Å²) in [4.78, 5) is 16.3. The first kappa shape index (κ1) is 17.7. The van der Waals surface area contributed by atoms with Crippen molar-refractivity contribution < 1.29 is 9.90 Å². The molecule has 0 fully saturated rings. The van der Waals surface area contributed by atoms with Gasteiger partial charge in [0.1, 0.15) is 0 Å². The molecule has 0 atom stereocenters. The highest BCUT2D eigenvalue weighted by Crippen LogP contribution is 2.06. The van der Waals surface area contributed by atoms with Crippen LogP contribution < -0.4 is 0 Å². The van der Waals surface area contributed by atoms with E-state index in [1.54, 1.807) is 0 Å². The van der Waals surface area contributed by atoms with Gasteiger partial charge < -0.3 is 10.0 Å². The van der Waals surface area contributed by atoms with Crippen LogP contribution in [0, 0.1) is 0 Å².